The second-order valence-electron chi connectivity index (χ2n) is 6.90. The Morgan fingerprint density at radius 2 is 2.19 bits per heavy atom. The molecule has 6 heteroatoms. The maximum Gasteiger partial charge on any atom is 0.290 e. The highest BCUT2D eigenvalue weighted by Gasteiger charge is 2.34. The summed E-state index contributed by atoms with van der Waals surface area (Å²) in [5, 5.41) is 3.99. The lowest BCUT2D eigenvalue weighted by Crippen LogP contribution is -2.48. The quantitative estimate of drug-likeness (QED) is 0.875. The second kappa shape index (κ2) is 6.89. The lowest BCUT2D eigenvalue weighted by molar-refractivity contribution is 0.0598. The minimum Gasteiger partial charge on any atom is -0.455 e. The molecule has 26 heavy (non-hydrogen) atoms. The summed E-state index contributed by atoms with van der Waals surface area (Å²) in [7, 11) is 0. The van der Waals surface area contributed by atoms with E-state index in [-0.39, 0.29) is 17.7 Å². The molecule has 0 bridgehead atoms. The summed E-state index contributed by atoms with van der Waals surface area (Å²) in [6, 6.07) is 7.47. The molecule has 2 aliphatic rings. The number of rotatable bonds is 2. The number of aryl methyl sites for hydroxylation is 1. The van der Waals surface area contributed by atoms with Crippen LogP contribution in [0.5, 0.6) is 0 Å². The van der Waals surface area contributed by atoms with Gasteiger partial charge in [-0.05, 0) is 31.0 Å². The molecule has 1 fully saturated rings. The van der Waals surface area contributed by atoms with Crippen molar-refractivity contribution in [3.8, 4) is 0 Å². The van der Waals surface area contributed by atoms with Gasteiger partial charge in [0.2, 0.25) is 0 Å². The third-order valence-corrected chi connectivity index (χ3v) is 5.47. The zero-order chi connectivity index (χ0) is 18.3. The molecule has 1 unspecified atom stereocenters. The minimum absolute atomic E-state index is 0.0817. The maximum absolute atomic E-state index is 13.3. The van der Waals surface area contributed by atoms with E-state index in [1.807, 2.05) is 36.1 Å². The van der Waals surface area contributed by atoms with Gasteiger partial charge in [0.05, 0.1) is 11.6 Å². The molecule has 1 aromatic carbocycles. The summed E-state index contributed by atoms with van der Waals surface area (Å²) in [6.45, 7) is 3.77. The first-order chi connectivity index (χ1) is 12.6. The number of piperazine rings is 1. The zero-order valence-electron chi connectivity index (χ0n) is 14.7. The summed E-state index contributed by atoms with van der Waals surface area (Å²) in [5.41, 5.74) is 2.29. The van der Waals surface area contributed by atoms with Gasteiger partial charge in [-0.25, -0.2) is 0 Å². The highest BCUT2D eigenvalue weighted by molar-refractivity contribution is 6.30. The van der Waals surface area contributed by atoms with Gasteiger partial charge in [-0.3, -0.25) is 9.59 Å². The molecule has 136 valence electrons. The van der Waals surface area contributed by atoms with Crippen LogP contribution in [0.15, 0.2) is 28.7 Å². The first-order valence-electron chi connectivity index (χ1n) is 8.99. The zero-order valence-corrected chi connectivity index (χ0v) is 15.4. The van der Waals surface area contributed by atoms with Crippen LogP contribution in [-0.4, -0.2) is 36.2 Å². The van der Waals surface area contributed by atoms with Crippen molar-refractivity contribution in [2.24, 2.45) is 0 Å². The van der Waals surface area contributed by atoms with Gasteiger partial charge in [0.1, 0.15) is 5.76 Å². The van der Waals surface area contributed by atoms with Gasteiger partial charge in [0.25, 0.3) is 5.91 Å². The Morgan fingerprint density at radius 1 is 1.35 bits per heavy atom. The van der Waals surface area contributed by atoms with E-state index in [2.05, 4.69) is 5.32 Å². The van der Waals surface area contributed by atoms with Crippen LogP contribution in [0.1, 0.15) is 56.7 Å². The Morgan fingerprint density at radius 3 is 2.96 bits per heavy atom. The summed E-state index contributed by atoms with van der Waals surface area (Å²) in [6.07, 6.45) is 2.03. The Balaban J connectivity index is 1.69. The van der Waals surface area contributed by atoms with Crippen molar-refractivity contribution in [1.29, 1.82) is 0 Å². The van der Waals surface area contributed by atoms with Crippen LogP contribution < -0.4 is 5.32 Å². The minimum atomic E-state index is -0.156. The number of nitrogens with one attached hydrogen (secondary N) is 1. The molecule has 4 rings (SSSR count). The van der Waals surface area contributed by atoms with Crippen LogP contribution in [-0.2, 0) is 6.42 Å². The molecule has 0 spiro atoms. The predicted molar refractivity (Wildman–Crippen MR) is 98.8 cm³/mol. The molecule has 2 heterocycles. The molecule has 0 radical (unpaired) electrons. The van der Waals surface area contributed by atoms with E-state index in [0.717, 1.165) is 18.5 Å². The molecule has 1 aliphatic heterocycles. The molecule has 0 saturated carbocycles. The summed E-state index contributed by atoms with van der Waals surface area (Å²) in [5.74, 6) is 0.894. The van der Waals surface area contributed by atoms with Gasteiger partial charge in [0, 0.05) is 43.1 Å². The van der Waals surface area contributed by atoms with Crippen LogP contribution in [0.25, 0.3) is 0 Å². The Labute approximate surface area is 157 Å². The molecule has 1 N–H and O–H groups in total. The highest BCUT2D eigenvalue weighted by atomic mass is 35.5. The van der Waals surface area contributed by atoms with Gasteiger partial charge >= 0.3 is 0 Å². The lowest BCUT2D eigenvalue weighted by Gasteiger charge is -2.36. The van der Waals surface area contributed by atoms with E-state index in [1.54, 1.807) is 0 Å². The van der Waals surface area contributed by atoms with Gasteiger partial charge in [-0.15, -0.1) is 0 Å². The standard InChI is InChI=1S/C20H21ClN2O3/c1-12-18-16(24)6-3-7-17(18)26-19(12)20(25)23-9-8-22-11-15(23)13-4-2-5-14(21)10-13/h2,4-5,10,15,22H,3,6-9,11H2,1H3. The smallest absolute Gasteiger partial charge is 0.290 e. The Bertz CT molecular complexity index is 874. The molecule has 1 atom stereocenters. The van der Waals surface area contributed by atoms with Crippen LogP contribution in [0, 0.1) is 6.92 Å². The molecule has 1 aliphatic carbocycles. The number of hydrogen-bond acceptors (Lipinski definition) is 4. The number of carbonyl (C=O) groups is 2. The van der Waals surface area contributed by atoms with Crippen molar-refractivity contribution in [2.75, 3.05) is 19.6 Å². The number of halogens is 1. The fraction of sp³-hybridized carbons (Fsp3) is 0.400. The van der Waals surface area contributed by atoms with E-state index < -0.39 is 0 Å². The van der Waals surface area contributed by atoms with Gasteiger partial charge in [0.15, 0.2) is 11.5 Å². The molecule has 1 aromatic heterocycles. The van der Waals surface area contributed by atoms with Crippen molar-refractivity contribution in [3.63, 3.8) is 0 Å². The van der Waals surface area contributed by atoms with Crippen LogP contribution >= 0.6 is 11.6 Å². The Hall–Kier alpha value is -2.11. The van der Waals surface area contributed by atoms with Crippen LogP contribution in [0.2, 0.25) is 5.02 Å². The van der Waals surface area contributed by atoms with Crippen LogP contribution in [0.3, 0.4) is 0 Å². The average molecular weight is 373 g/mol. The predicted octanol–water partition coefficient (Wildman–Crippen LogP) is 3.55. The van der Waals surface area contributed by atoms with Crippen molar-refractivity contribution >= 4 is 23.3 Å². The number of fused-ring (bicyclic) bond motifs is 1. The summed E-state index contributed by atoms with van der Waals surface area (Å²) < 4.78 is 5.87. The third-order valence-electron chi connectivity index (χ3n) is 5.24. The molecule has 1 amide bonds. The van der Waals surface area contributed by atoms with E-state index in [1.165, 1.54) is 0 Å². The lowest BCUT2D eigenvalue weighted by atomic mass is 9.94. The topological polar surface area (TPSA) is 62.6 Å². The monoisotopic (exact) mass is 372 g/mol. The number of furan rings is 1. The van der Waals surface area contributed by atoms with Crippen molar-refractivity contribution < 1.29 is 14.0 Å². The second-order valence-corrected chi connectivity index (χ2v) is 7.34. The van der Waals surface area contributed by atoms with Crippen LogP contribution in [0.4, 0.5) is 0 Å². The SMILES string of the molecule is Cc1c(C(=O)N2CCNCC2c2cccc(Cl)c2)oc2c1C(=O)CCC2. The fourth-order valence-corrected chi connectivity index (χ4v) is 4.14. The maximum atomic E-state index is 13.3. The van der Waals surface area contributed by atoms with E-state index in [0.29, 0.717) is 53.6 Å². The number of benzene rings is 1. The van der Waals surface area contributed by atoms with Gasteiger partial charge in [-0.1, -0.05) is 23.7 Å². The first-order valence-corrected chi connectivity index (χ1v) is 9.36. The van der Waals surface area contributed by atoms with E-state index in [9.17, 15) is 9.59 Å². The molecule has 5 nitrogen and oxygen atoms in total. The van der Waals surface area contributed by atoms with Crippen molar-refractivity contribution in [2.45, 2.75) is 32.2 Å². The number of carbonyl (C=O) groups excluding carboxylic acids is 2. The van der Waals surface area contributed by atoms with E-state index in [4.69, 9.17) is 16.0 Å². The first kappa shape index (κ1) is 17.3. The average Bonchev–Trinajstić information content (AvgIpc) is 2.99. The molecular formula is C20H21ClN2O3. The van der Waals surface area contributed by atoms with Gasteiger partial charge in [-0.2, -0.15) is 0 Å². The number of amides is 1. The van der Waals surface area contributed by atoms with Gasteiger partial charge < -0.3 is 14.6 Å². The number of ketones is 1. The molecule has 1 saturated heterocycles. The highest BCUT2D eigenvalue weighted by Crippen LogP contribution is 2.32. The summed E-state index contributed by atoms with van der Waals surface area (Å²) in [4.78, 5) is 27.3. The van der Waals surface area contributed by atoms with Crippen molar-refractivity contribution in [1.82, 2.24) is 10.2 Å². The molecular weight excluding hydrogens is 352 g/mol. The Kier molecular flexibility index (Phi) is 4.59. The number of hydrogen-bond donors (Lipinski definition) is 1. The largest absolute Gasteiger partial charge is 0.455 e. The fourth-order valence-electron chi connectivity index (χ4n) is 3.94. The number of nitrogens with zero attached hydrogens (tertiary/aromatic N) is 1. The third kappa shape index (κ3) is 2.95. The van der Waals surface area contributed by atoms with E-state index >= 15 is 0 Å². The molecule has 2 aromatic rings. The summed E-state index contributed by atoms with van der Waals surface area (Å²) >= 11 is 6.14. The normalized spacial score (nSPS) is 20.2. The number of Topliss-reactive ketones (excluding diaryl/α,β-unsaturated/α-hetero) is 1. The van der Waals surface area contributed by atoms with Crippen molar-refractivity contribution in [3.05, 3.63) is 57.5 Å².